The highest BCUT2D eigenvalue weighted by atomic mass is 16.2. The highest BCUT2D eigenvalue weighted by Gasteiger charge is 2.17. The Balaban J connectivity index is 1.46. The summed E-state index contributed by atoms with van der Waals surface area (Å²) in [5, 5.41) is 19.2. The Morgan fingerprint density at radius 3 is 2.57 bits per heavy atom. The molecule has 0 radical (unpaired) electrons. The fourth-order valence-electron chi connectivity index (χ4n) is 3.51. The number of benzene rings is 1. The summed E-state index contributed by atoms with van der Waals surface area (Å²) >= 11 is 0. The predicted molar refractivity (Wildman–Crippen MR) is 107 cm³/mol. The maximum absolute atomic E-state index is 12.3. The van der Waals surface area contributed by atoms with Crippen LogP contribution in [0.15, 0.2) is 42.5 Å². The van der Waals surface area contributed by atoms with Crippen molar-refractivity contribution in [3.8, 4) is 16.9 Å². The van der Waals surface area contributed by atoms with E-state index >= 15 is 0 Å². The molecular formula is C21H24N6O. The lowest BCUT2D eigenvalue weighted by atomic mass is 10.1. The smallest absolute Gasteiger partial charge is 0.272 e. The molecule has 28 heavy (non-hydrogen) atoms. The van der Waals surface area contributed by atoms with E-state index in [-0.39, 0.29) is 11.9 Å². The molecule has 0 aliphatic carbocycles. The van der Waals surface area contributed by atoms with Gasteiger partial charge >= 0.3 is 0 Å². The van der Waals surface area contributed by atoms with Crippen molar-refractivity contribution in [1.29, 1.82) is 0 Å². The molecule has 1 atom stereocenters. The Morgan fingerprint density at radius 2 is 1.96 bits per heavy atom. The number of hydrogen-bond acceptors (Lipinski definition) is 5. The van der Waals surface area contributed by atoms with Crippen LogP contribution in [0.3, 0.4) is 0 Å². The lowest BCUT2D eigenvalue weighted by Gasteiger charge is -2.23. The van der Waals surface area contributed by atoms with Crippen molar-refractivity contribution in [3.05, 3.63) is 59.5 Å². The van der Waals surface area contributed by atoms with Crippen LogP contribution in [0.2, 0.25) is 0 Å². The van der Waals surface area contributed by atoms with Gasteiger partial charge in [-0.05, 0) is 63.6 Å². The molecule has 1 fully saturated rings. The van der Waals surface area contributed by atoms with E-state index in [0.29, 0.717) is 5.69 Å². The molecule has 1 aromatic carbocycles. The molecule has 2 N–H and O–H groups in total. The number of aromatic nitrogens is 4. The van der Waals surface area contributed by atoms with Gasteiger partial charge in [0.05, 0.1) is 17.1 Å². The minimum absolute atomic E-state index is 0.157. The van der Waals surface area contributed by atoms with Crippen molar-refractivity contribution in [1.82, 2.24) is 30.6 Å². The zero-order chi connectivity index (χ0) is 19.5. The second-order valence-electron chi connectivity index (χ2n) is 7.21. The Hall–Kier alpha value is -3.06. The first-order chi connectivity index (χ1) is 13.6. The topological polar surface area (TPSA) is 84.7 Å². The minimum atomic E-state index is -0.173. The van der Waals surface area contributed by atoms with Crippen molar-refractivity contribution in [2.75, 3.05) is 13.1 Å². The van der Waals surface area contributed by atoms with Crippen molar-refractivity contribution >= 4 is 5.91 Å². The zero-order valence-electron chi connectivity index (χ0n) is 16.1. The second-order valence-corrected chi connectivity index (χ2v) is 7.21. The quantitative estimate of drug-likeness (QED) is 0.731. The average Bonchev–Trinajstić information content (AvgIpc) is 3.07. The average molecular weight is 376 g/mol. The second kappa shape index (κ2) is 7.90. The molecule has 3 aromatic rings. The van der Waals surface area contributed by atoms with E-state index in [1.165, 1.54) is 0 Å². The number of aryl methyl sites for hydroxylation is 2. The van der Waals surface area contributed by atoms with Gasteiger partial charge < -0.3 is 10.6 Å². The van der Waals surface area contributed by atoms with Crippen LogP contribution in [-0.4, -0.2) is 45.0 Å². The van der Waals surface area contributed by atoms with Crippen LogP contribution in [0.25, 0.3) is 16.9 Å². The van der Waals surface area contributed by atoms with E-state index in [2.05, 4.69) is 25.9 Å². The van der Waals surface area contributed by atoms with Crippen LogP contribution >= 0.6 is 0 Å². The number of nitrogens with one attached hydrogen (secondary N) is 2. The molecule has 0 bridgehead atoms. The number of piperidine rings is 1. The Morgan fingerprint density at radius 1 is 1.14 bits per heavy atom. The number of rotatable bonds is 4. The Labute approximate surface area is 164 Å². The summed E-state index contributed by atoms with van der Waals surface area (Å²) in [4.78, 5) is 12.3. The standard InChI is InChI=1S/C21H24N6O/c1-14-12-15(2)27(26-14)18-7-5-16(6-8-18)19-9-10-20(25-24-19)21(28)23-17-4-3-11-22-13-17/h5-10,12,17,22H,3-4,11,13H2,1-2H3,(H,23,28). The first kappa shape index (κ1) is 18.3. The van der Waals surface area contributed by atoms with Crippen LogP contribution in [0, 0.1) is 13.8 Å². The molecule has 1 unspecified atom stereocenters. The molecule has 1 aliphatic rings. The van der Waals surface area contributed by atoms with E-state index in [1.807, 2.05) is 54.9 Å². The first-order valence-corrected chi connectivity index (χ1v) is 9.59. The normalized spacial score (nSPS) is 16.7. The highest BCUT2D eigenvalue weighted by Crippen LogP contribution is 2.20. The van der Waals surface area contributed by atoms with Gasteiger partial charge in [0.1, 0.15) is 0 Å². The van der Waals surface area contributed by atoms with E-state index in [4.69, 9.17) is 0 Å². The highest BCUT2D eigenvalue weighted by molar-refractivity contribution is 5.92. The Kier molecular flexibility index (Phi) is 5.16. The number of carbonyl (C=O) groups is 1. The third-order valence-electron chi connectivity index (χ3n) is 4.95. The maximum Gasteiger partial charge on any atom is 0.272 e. The monoisotopic (exact) mass is 376 g/mol. The maximum atomic E-state index is 12.3. The van der Waals surface area contributed by atoms with Crippen LogP contribution in [0.1, 0.15) is 34.7 Å². The molecule has 0 saturated carbocycles. The van der Waals surface area contributed by atoms with Gasteiger partial charge in [-0.1, -0.05) is 12.1 Å². The zero-order valence-corrected chi connectivity index (χ0v) is 16.1. The summed E-state index contributed by atoms with van der Waals surface area (Å²) in [5.74, 6) is -0.173. The predicted octanol–water partition coefficient (Wildman–Crippen LogP) is 2.43. The minimum Gasteiger partial charge on any atom is -0.347 e. The van der Waals surface area contributed by atoms with Gasteiger partial charge in [0, 0.05) is 23.8 Å². The van der Waals surface area contributed by atoms with Crippen LogP contribution < -0.4 is 10.6 Å². The molecule has 0 spiro atoms. The van der Waals surface area contributed by atoms with E-state index in [0.717, 1.165) is 54.3 Å². The number of amides is 1. The van der Waals surface area contributed by atoms with Gasteiger partial charge in [-0.2, -0.15) is 5.10 Å². The Bertz CT molecular complexity index is 956. The largest absolute Gasteiger partial charge is 0.347 e. The lowest BCUT2D eigenvalue weighted by molar-refractivity contribution is 0.0924. The summed E-state index contributed by atoms with van der Waals surface area (Å²) in [6.07, 6.45) is 2.06. The van der Waals surface area contributed by atoms with Gasteiger partial charge in [0.2, 0.25) is 0 Å². The van der Waals surface area contributed by atoms with Crippen LogP contribution in [-0.2, 0) is 0 Å². The van der Waals surface area contributed by atoms with Crippen molar-refractivity contribution in [3.63, 3.8) is 0 Å². The molecule has 7 nitrogen and oxygen atoms in total. The van der Waals surface area contributed by atoms with E-state index in [9.17, 15) is 4.79 Å². The molecule has 1 aliphatic heterocycles. The van der Waals surface area contributed by atoms with Gasteiger partial charge in [0.25, 0.3) is 5.91 Å². The summed E-state index contributed by atoms with van der Waals surface area (Å²) in [7, 11) is 0. The molecule has 1 amide bonds. The van der Waals surface area contributed by atoms with Gasteiger partial charge in [-0.3, -0.25) is 4.79 Å². The SMILES string of the molecule is Cc1cc(C)n(-c2ccc(-c3ccc(C(=O)NC4CCCNC4)nn3)cc2)n1. The van der Waals surface area contributed by atoms with Crippen LogP contribution in [0.4, 0.5) is 0 Å². The first-order valence-electron chi connectivity index (χ1n) is 9.59. The van der Waals surface area contributed by atoms with Gasteiger partial charge in [0.15, 0.2) is 5.69 Å². The summed E-state index contributed by atoms with van der Waals surface area (Å²) in [6, 6.07) is 13.8. The van der Waals surface area contributed by atoms with Crippen molar-refractivity contribution < 1.29 is 4.79 Å². The molecule has 1 saturated heterocycles. The van der Waals surface area contributed by atoms with Crippen molar-refractivity contribution in [2.45, 2.75) is 32.7 Å². The van der Waals surface area contributed by atoms with Crippen LogP contribution in [0.5, 0.6) is 0 Å². The molecule has 2 aromatic heterocycles. The number of hydrogen-bond donors (Lipinski definition) is 2. The number of carbonyl (C=O) groups excluding carboxylic acids is 1. The van der Waals surface area contributed by atoms with Crippen molar-refractivity contribution in [2.24, 2.45) is 0 Å². The molecule has 4 rings (SSSR count). The molecule has 3 heterocycles. The van der Waals surface area contributed by atoms with Gasteiger partial charge in [-0.15, -0.1) is 10.2 Å². The molecule has 7 heteroatoms. The fourth-order valence-corrected chi connectivity index (χ4v) is 3.51. The molecule has 144 valence electrons. The fraction of sp³-hybridized carbons (Fsp3) is 0.333. The van der Waals surface area contributed by atoms with E-state index in [1.54, 1.807) is 6.07 Å². The summed E-state index contributed by atoms with van der Waals surface area (Å²) < 4.78 is 1.92. The number of nitrogens with zero attached hydrogens (tertiary/aromatic N) is 4. The molecular weight excluding hydrogens is 352 g/mol. The van der Waals surface area contributed by atoms with E-state index < -0.39 is 0 Å². The summed E-state index contributed by atoms with van der Waals surface area (Å²) in [5.41, 5.74) is 5.10. The lowest BCUT2D eigenvalue weighted by Crippen LogP contribution is -2.45. The van der Waals surface area contributed by atoms with Gasteiger partial charge in [-0.25, -0.2) is 4.68 Å². The summed E-state index contributed by atoms with van der Waals surface area (Å²) in [6.45, 7) is 5.83. The third kappa shape index (κ3) is 3.94. The third-order valence-corrected chi connectivity index (χ3v) is 4.95.